The van der Waals surface area contributed by atoms with Crippen LogP contribution in [0.1, 0.15) is 37.8 Å². The molecule has 20 heavy (non-hydrogen) atoms. The molecule has 0 radical (unpaired) electrons. The highest BCUT2D eigenvalue weighted by Gasteiger charge is 2.65. The fourth-order valence-electron chi connectivity index (χ4n) is 3.88. The molecule has 3 atom stereocenters. The normalized spacial score (nSPS) is 37.9. The van der Waals surface area contributed by atoms with Crippen molar-refractivity contribution < 1.29 is 9.90 Å². The van der Waals surface area contributed by atoms with Crippen LogP contribution in [0.5, 0.6) is 0 Å². The lowest BCUT2D eigenvalue weighted by molar-refractivity contribution is -0.133. The molecule has 1 N–H and O–H groups in total. The second-order valence-electron chi connectivity index (χ2n) is 6.84. The fourth-order valence-corrected chi connectivity index (χ4v) is 3.88. The third-order valence-electron chi connectivity index (χ3n) is 5.84. The van der Waals surface area contributed by atoms with Crippen LogP contribution in [0.3, 0.4) is 0 Å². The van der Waals surface area contributed by atoms with E-state index >= 15 is 0 Å². The van der Waals surface area contributed by atoms with Gasteiger partial charge < -0.3 is 5.11 Å². The Morgan fingerprint density at radius 2 is 1.95 bits per heavy atom. The number of allylic oxidation sites excluding steroid dienone is 1. The molecule has 2 fully saturated rings. The van der Waals surface area contributed by atoms with Gasteiger partial charge in [0.25, 0.3) is 0 Å². The number of aliphatic hydroxyl groups is 1. The first-order valence-electron chi connectivity index (χ1n) is 7.36. The number of rotatable bonds is 2. The second-order valence-corrected chi connectivity index (χ2v) is 6.84. The van der Waals surface area contributed by atoms with Crippen molar-refractivity contribution in [3.63, 3.8) is 0 Å². The average Bonchev–Trinajstić information content (AvgIpc) is 2.53. The summed E-state index contributed by atoms with van der Waals surface area (Å²) < 4.78 is 0. The van der Waals surface area contributed by atoms with Crippen molar-refractivity contribution in [2.24, 2.45) is 16.7 Å². The van der Waals surface area contributed by atoms with Crippen LogP contribution in [-0.4, -0.2) is 17.5 Å². The van der Waals surface area contributed by atoms with Gasteiger partial charge in [-0.15, -0.1) is 0 Å². The van der Waals surface area contributed by atoms with E-state index in [0.29, 0.717) is 5.92 Å². The summed E-state index contributed by atoms with van der Waals surface area (Å²) in [5.41, 5.74) is 2.55. The smallest absolute Gasteiger partial charge is 0.167 e. The maximum Gasteiger partial charge on any atom is 0.167 e. The monoisotopic (exact) mass is 270 g/mol. The molecule has 0 amide bonds. The Labute approximate surface area is 120 Å². The highest BCUT2D eigenvalue weighted by molar-refractivity contribution is 6.07. The van der Waals surface area contributed by atoms with Gasteiger partial charge >= 0.3 is 0 Å². The molecule has 0 aliphatic heterocycles. The van der Waals surface area contributed by atoms with Gasteiger partial charge in [0, 0.05) is 5.57 Å². The van der Waals surface area contributed by atoms with Gasteiger partial charge in [-0.3, -0.25) is 4.79 Å². The molecule has 0 heterocycles. The number of aliphatic hydroxyl groups excluding tert-OH is 1. The van der Waals surface area contributed by atoms with E-state index in [4.69, 9.17) is 0 Å². The quantitative estimate of drug-likeness (QED) is 0.837. The van der Waals surface area contributed by atoms with Crippen LogP contribution in [0.2, 0.25) is 0 Å². The lowest BCUT2D eigenvalue weighted by Gasteiger charge is -2.49. The van der Waals surface area contributed by atoms with Crippen molar-refractivity contribution in [1.29, 1.82) is 0 Å². The lowest BCUT2D eigenvalue weighted by Crippen LogP contribution is -2.47. The number of fused-ring (bicyclic) bond motifs is 1. The summed E-state index contributed by atoms with van der Waals surface area (Å²) >= 11 is 0. The molecule has 2 aliphatic rings. The molecule has 0 spiro atoms. The van der Waals surface area contributed by atoms with E-state index in [1.807, 2.05) is 13.0 Å². The second kappa shape index (κ2) is 4.29. The number of benzene rings is 1. The molecule has 0 bridgehead atoms. The molecule has 1 aromatic rings. The van der Waals surface area contributed by atoms with Gasteiger partial charge in [-0.2, -0.15) is 0 Å². The van der Waals surface area contributed by atoms with Crippen LogP contribution < -0.4 is 0 Å². The number of hydrogen-bond acceptors (Lipinski definition) is 2. The zero-order chi connectivity index (χ0) is 14.5. The van der Waals surface area contributed by atoms with Crippen molar-refractivity contribution in [2.75, 3.05) is 6.61 Å². The summed E-state index contributed by atoms with van der Waals surface area (Å²) in [6, 6.07) is 8.24. The van der Waals surface area contributed by atoms with E-state index in [1.54, 1.807) is 0 Å². The number of aryl methyl sites for hydroxylation is 1. The van der Waals surface area contributed by atoms with E-state index < -0.39 is 5.41 Å². The molecule has 106 valence electrons. The Bertz CT molecular complexity index is 584. The van der Waals surface area contributed by atoms with Gasteiger partial charge in [0.15, 0.2) is 5.78 Å². The van der Waals surface area contributed by atoms with Crippen molar-refractivity contribution in [1.82, 2.24) is 0 Å². The Morgan fingerprint density at radius 3 is 2.40 bits per heavy atom. The van der Waals surface area contributed by atoms with Gasteiger partial charge in [-0.05, 0) is 49.7 Å². The van der Waals surface area contributed by atoms with Crippen LogP contribution in [0.4, 0.5) is 0 Å². The summed E-state index contributed by atoms with van der Waals surface area (Å²) in [6.07, 6.45) is 4.13. The van der Waals surface area contributed by atoms with Crippen LogP contribution >= 0.6 is 0 Å². The first kappa shape index (κ1) is 13.6. The van der Waals surface area contributed by atoms with Gasteiger partial charge in [-0.25, -0.2) is 0 Å². The summed E-state index contributed by atoms with van der Waals surface area (Å²) in [5, 5.41) is 9.76. The molecule has 3 rings (SSSR count). The van der Waals surface area contributed by atoms with Gasteiger partial charge in [0.05, 0.1) is 12.0 Å². The highest BCUT2D eigenvalue weighted by atomic mass is 16.3. The first-order valence-corrected chi connectivity index (χ1v) is 7.36. The minimum Gasteiger partial charge on any atom is -0.395 e. The summed E-state index contributed by atoms with van der Waals surface area (Å²) in [6.45, 7) is 6.09. The van der Waals surface area contributed by atoms with Gasteiger partial charge in [-0.1, -0.05) is 36.8 Å². The van der Waals surface area contributed by atoms with E-state index in [9.17, 15) is 9.90 Å². The Hall–Kier alpha value is -1.41. The predicted molar refractivity (Wildman–Crippen MR) is 80.2 cm³/mol. The minimum atomic E-state index is -0.605. The molecule has 2 aliphatic carbocycles. The molecule has 0 saturated heterocycles. The van der Waals surface area contributed by atoms with Gasteiger partial charge in [0.2, 0.25) is 0 Å². The first-order chi connectivity index (χ1) is 9.42. The standard InChI is InChI=1S/C18H22O2/c1-12-4-6-13(7-5-12)10-14-15-8-9-17(15,2)18(3,11-19)16(14)20/h4-7,10,15,19H,8-9,11H2,1-3H3/b14-10+. The number of ketones is 1. The van der Waals surface area contributed by atoms with Crippen molar-refractivity contribution in [3.8, 4) is 0 Å². The van der Waals surface area contributed by atoms with Crippen molar-refractivity contribution in [3.05, 3.63) is 41.0 Å². The van der Waals surface area contributed by atoms with Crippen LogP contribution in [0.25, 0.3) is 6.08 Å². The largest absolute Gasteiger partial charge is 0.395 e. The van der Waals surface area contributed by atoms with E-state index in [0.717, 1.165) is 24.0 Å². The highest BCUT2D eigenvalue weighted by Crippen LogP contribution is 2.66. The summed E-state index contributed by atoms with van der Waals surface area (Å²) in [4.78, 5) is 12.8. The SMILES string of the molecule is Cc1ccc(/C=C2/C(=O)C(C)(CO)C3(C)CCC23)cc1. The van der Waals surface area contributed by atoms with E-state index in [2.05, 4.69) is 38.1 Å². The van der Waals surface area contributed by atoms with E-state index in [-0.39, 0.29) is 17.8 Å². The number of hydrogen-bond donors (Lipinski definition) is 1. The third kappa shape index (κ3) is 1.58. The number of carbonyl (C=O) groups is 1. The summed E-state index contributed by atoms with van der Waals surface area (Å²) in [7, 11) is 0. The number of carbonyl (C=O) groups excluding carboxylic acids is 1. The fraction of sp³-hybridized carbons (Fsp3) is 0.500. The van der Waals surface area contributed by atoms with E-state index in [1.165, 1.54) is 5.56 Å². The van der Waals surface area contributed by atoms with Crippen LogP contribution in [0, 0.1) is 23.7 Å². The van der Waals surface area contributed by atoms with Crippen molar-refractivity contribution >= 4 is 11.9 Å². The molecule has 2 saturated carbocycles. The molecular formula is C18H22O2. The van der Waals surface area contributed by atoms with Gasteiger partial charge in [0.1, 0.15) is 0 Å². The van der Waals surface area contributed by atoms with Crippen LogP contribution in [-0.2, 0) is 4.79 Å². The number of Topliss-reactive ketones (excluding diaryl/α,β-unsaturated/α-hetero) is 1. The zero-order valence-corrected chi connectivity index (χ0v) is 12.4. The molecule has 2 heteroatoms. The molecule has 3 unspecified atom stereocenters. The maximum atomic E-state index is 12.8. The predicted octanol–water partition coefficient (Wildman–Crippen LogP) is 3.38. The van der Waals surface area contributed by atoms with Crippen molar-refractivity contribution in [2.45, 2.75) is 33.6 Å². The molecule has 0 aromatic heterocycles. The Kier molecular flexibility index (Phi) is 2.91. The third-order valence-corrected chi connectivity index (χ3v) is 5.84. The Morgan fingerprint density at radius 1 is 1.30 bits per heavy atom. The molecule has 1 aromatic carbocycles. The molecule has 2 nitrogen and oxygen atoms in total. The lowest BCUT2D eigenvalue weighted by atomic mass is 9.54. The van der Waals surface area contributed by atoms with Crippen LogP contribution in [0.15, 0.2) is 29.8 Å². The topological polar surface area (TPSA) is 37.3 Å². The minimum absolute atomic E-state index is 0.0515. The summed E-state index contributed by atoms with van der Waals surface area (Å²) in [5.74, 6) is 0.457. The molecular weight excluding hydrogens is 248 g/mol. The Balaban J connectivity index is 2.03. The maximum absolute atomic E-state index is 12.8. The average molecular weight is 270 g/mol. The zero-order valence-electron chi connectivity index (χ0n) is 12.4.